The van der Waals surface area contributed by atoms with Gasteiger partial charge in [0.05, 0.1) is 6.10 Å². The number of hydrogen-bond acceptors (Lipinski definition) is 1. The van der Waals surface area contributed by atoms with Crippen molar-refractivity contribution in [3.8, 4) is 0 Å². The molecule has 1 aromatic rings. The van der Waals surface area contributed by atoms with Crippen LogP contribution in [0.4, 0.5) is 0 Å². The van der Waals surface area contributed by atoms with E-state index in [1.165, 1.54) is 55.2 Å². The molecule has 4 fully saturated rings. The monoisotopic (exact) mass is 348 g/mol. The van der Waals surface area contributed by atoms with Crippen LogP contribution in [-0.4, -0.2) is 5.11 Å². The molecule has 114 valence electrons. The van der Waals surface area contributed by atoms with E-state index >= 15 is 0 Å². The minimum atomic E-state index is -0.266. The lowest BCUT2D eigenvalue weighted by Crippen LogP contribution is -2.49. The van der Waals surface area contributed by atoms with Crippen molar-refractivity contribution in [3.63, 3.8) is 0 Å². The summed E-state index contributed by atoms with van der Waals surface area (Å²) in [7, 11) is 0. The number of hydrogen-bond donors (Lipinski definition) is 1. The zero-order valence-corrected chi connectivity index (χ0v) is 14.6. The van der Waals surface area contributed by atoms with Gasteiger partial charge in [-0.1, -0.05) is 22.0 Å². The molecule has 4 saturated carbocycles. The Balaban J connectivity index is 1.71. The largest absolute Gasteiger partial charge is 0.388 e. The lowest BCUT2D eigenvalue weighted by atomic mass is 9.47. The summed E-state index contributed by atoms with van der Waals surface area (Å²) in [6.07, 6.45) is 7.81. The van der Waals surface area contributed by atoms with Crippen molar-refractivity contribution in [2.75, 3.05) is 0 Å². The van der Waals surface area contributed by atoms with E-state index in [1.807, 2.05) is 0 Å². The molecule has 1 atom stereocenters. The van der Waals surface area contributed by atoms with E-state index in [2.05, 4.69) is 41.9 Å². The molecule has 4 aliphatic rings. The SMILES string of the molecule is Cc1cc(C(O)C23CC4CC(CC(C4)C2)C3)c(C)cc1Br. The zero-order chi connectivity index (χ0) is 14.8. The van der Waals surface area contributed by atoms with Crippen LogP contribution in [0.2, 0.25) is 0 Å². The Bertz CT molecular complexity index is 542. The molecule has 1 aromatic carbocycles. The number of benzene rings is 1. The Labute approximate surface area is 136 Å². The van der Waals surface area contributed by atoms with Crippen molar-refractivity contribution in [1.29, 1.82) is 0 Å². The minimum absolute atomic E-state index is 0.180. The van der Waals surface area contributed by atoms with E-state index < -0.39 is 0 Å². The minimum Gasteiger partial charge on any atom is -0.388 e. The van der Waals surface area contributed by atoms with Gasteiger partial charge < -0.3 is 5.11 Å². The van der Waals surface area contributed by atoms with Crippen molar-refractivity contribution in [3.05, 3.63) is 33.3 Å². The van der Waals surface area contributed by atoms with Crippen LogP contribution in [0, 0.1) is 37.0 Å². The second-order valence-electron chi connectivity index (χ2n) is 8.14. The highest BCUT2D eigenvalue weighted by atomic mass is 79.9. The Morgan fingerprint density at radius 1 is 1.00 bits per heavy atom. The summed E-state index contributed by atoms with van der Waals surface area (Å²) in [4.78, 5) is 0. The van der Waals surface area contributed by atoms with Gasteiger partial charge in [-0.15, -0.1) is 0 Å². The summed E-state index contributed by atoms with van der Waals surface area (Å²) in [6, 6.07) is 4.39. The number of aryl methyl sites for hydroxylation is 2. The van der Waals surface area contributed by atoms with E-state index in [0.717, 1.165) is 22.2 Å². The molecule has 0 heterocycles. The van der Waals surface area contributed by atoms with E-state index in [-0.39, 0.29) is 11.5 Å². The smallest absolute Gasteiger partial charge is 0.0849 e. The number of aliphatic hydroxyl groups is 1. The molecule has 0 spiro atoms. The van der Waals surface area contributed by atoms with Gasteiger partial charge >= 0.3 is 0 Å². The quantitative estimate of drug-likeness (QED) is 0.767. The maximum atomic E-state index is 11.3. The topological polar surface area (TPSA) is 20.2 Å². The van der Waals surface area contributed by atoms with Crippen LogP contribution in [0.15, 0.2) is 16.6 Å². The fourth-order valence-electron chi connectivity index (χ4n) is 5.94. The van der Waals surface area contributed by atoms with Crippen molar-refractivity contribution < 1.29 is 5.11 Å². The predicted octanol–water partition coefficient (Wildman–Crippen LogP) is 5.32. The Morgan fingerprint density at radius 3 is 2.05 bits per heavy atom. The van der Waals surface area contributed by atoms with Crippen LogP contribution in [0.3, 0.4) is 0 Å². The fourth-order valence-corrected chi connectivity index (χ4v) is 6.40. The van der Waals surface area contributed by atoms with Gasteiger partial charge in [-0.3, -0.25) is 0 Å². The van der Waals surface area contributed by atoms with E-state index in [0.29, 0.717) is 0 Å². The van der Waals surface area contributed by atoms with Crippen LogP contribution in [0.25, 0.3) is 0 Å². The summed E-state index contributed by atoms with van der Waals surface area (Å²) in [5, 5.41) is 11.3. The molecule has 1 unspecified atom stereocenters. The van der Waals surface area contributed by atoms with Gasteiger partial charge in [0.1, 0.15) is 0 Å². The molecule has 0 radical (unpaired) electrons. The standard InChI is InChI=1S/C19H25BrO/c1-11-4-17(20)12(2)3-16(11)18(21)19-8-13-5-14(9-19)7-15(6-13)10-19/h3-4,13-15,18,21H,5-10H2,1-2H3. The van der Waals surface area contributed by atoms with E-state index in [1.54, 1.807) is 0 Å². The van der Waals surface area contributed by atoms with Crippen molar-refractivity contribution in [2.45, 2.75) is 58.5 Å². The normalized spacial score (nSPS) is 38.8. The van der Waals surface area contributed by atoms with E-state index in [4.69, 9.17) is 0 Å². The first-order valence-electron chi connectivity index (χ1n) is 8.41. The molecular formula is C19H25BrO. The van der Waals surface area contributed by atoms with Crippen LogP contribution in [-0.2, 0) is 0 Å². The van der Waals surface area contributed by atoms with Gasteiger partial charge in [0, 0.05) is 9.89 Å². The molecule has 1 N–H and O–H groups in total. The molecule has 0 saturated heterocycles. The second-order valence-corrected chi connectivity index (χ2v) is 8.99. The lowest BCUT2D eigenvalue weighted by Gasteiger charge is -2.58. The lowest BCUT2D eigenvalue weighted by molar-refractivity contribution is -0.122. The number of aliphatic hydroxyl groups excluding tert-OH is 1. The fraction of sp³-hybridized carbons (Fsp3) is 0.684. The maximum absolute atomic E-state index is 11.3. The van der Waals surface area contributed by atoms with Crippen molar-refractivity contribution >= 4 is 15.9 Å². The third kappa shape index (κ3) is 2.21. The molecule has 0 aromatic heterocycles. The molecule has 21 heavy (non-hydrogen) atoms. The van der Waals surface area contributed by atoms with Gasteiger partial charge in [-0.05, 0) is 92.9 Å². The van der Waals surface area contributed by atoms with Gasteiger partial charge in [-0.2, -0.15) is 0 Å². The summed E-state index contributed by atoms with van der Waals surface area (Å²) < 4.78 is 1.15. The number of rotatable bonds is 2. The predicted molar refractivity (Wildman–Crippen MR) is 89.2 cm³/mol. The second kappa shape index (κ2) is 4.83. The van der Waals surface area contributed by atoms with Crippen LogP contribution in [0.5, 0.6) is 0 Å². The van der Waals surface area contributed by atoms with Gasteiger partial charge in [0.25, 0.3) is 0 Å². The van der Waals surface area contributed by atoms with Gasteiger partial charge in [0.15, 0.2) is 0 Å². The molecule has 4 bridgehead atoms. The molecule has 5 rings (SSSR count). The van der Waals surface area contributed by atoms with Crippen LogP contribution < -0.4 is 0 Å². The average Bonchev–Trinajstić information content (AvgIpc) is 2.40. The number of halogens is 1. The molecule has 2 heteroatoms. The first-order valence-corrected chi connectivity index (χ1v) is 9.21. The van der Waals surface area contributed by atoms with Gasteiger partial charge in [0.2, 0.25) is 0 Å². The highest BCUT2D eigenvalue weighted by molar-refractivity contribution is 9.10. The van der Waals surface area contributed by atoms with Crippen LogP contribution in [0.1, 0.15) is 61.3 Å². The average molecular weight is 349 g/mol. The van der Waals surface area contributed by atoms with Gasteiger partial charge in [-0.25, -0.2) is 0 Å². The summed E-state index contributed by atoms with van der Waals surface area (Å²) in [5.74, 6) is 2.67. The summed E-state index contributed by atoms with van der Waals surface area (Å²) in [5.41, 5.74) is 3.83. The summed E-state index contributed by atoms with van der Waals surface area (Å²) in [6.45, 7) is 4.27. The molecular weight excluding hydrogens is 324 g/mol. The maximum Gasteiger partial charge on any atom is 0.0849 e. The Morgan fingerprint density at radius 2 is 1.52 bits per heavy atom. The zero-order valence-electron chi connectivity index (χ0n) is 13.0. The first-order chi connectivity index (χ1) is 9.97. The van der Waals surface area contributed by atoms with Crippen LogP contribution >= 0.6 is 15.9 Å². The highest BCUT2D eigenvalue weighted by Crippen LogP contribution is 2.64. The molecule has 0 aliphatic heterocycles. The highest BCUT2D eigenvalue weighted by Gasteiger charge is 2.54. The molecule has 4 aliphatic carbocycles. The Kier molecular flexibility index (Phi) is 3.28. The summed E-state index contributed by atoms with van der Waals surface area (Å²) >= 11 is 3.61. The van der Waals surface area contributed by atoms with Crippen molar-refractivity contribution in [1.82, 2.24) is 0 Å². The van der Waals surface area contributed by atoms with E-state index in [9.17, 15) is 5.11 Å². The first kappa shape index (κ1) is 14.3. The molecule has 1 nitrogen and oxygen atoms in total. The van der Waals surface area contributed by atoms with Crippen molar-refractivity contribution in [2.24, 2.45) is 23.2 Å². The third-order valence-corrected chi connectivity index (χ3v) is 7.36. The molecule has 0 amide bonds. The third-order valence-electron chi connectivity index (χ3n) is 6.51. The Hall–Kier alpha value is -0.340.